The van der Waals surface area contributed by atoms with Crippen LogP contribution >= 0.6 is 46.6 Å². The van der Waals surface area contributed by atoms with Crippen molar-refractivity contribution in [3.8, 4) is 0 Å². The van der Waals surface area contributed by atoms with Crippen LogP contribution in [0.3, 0.4) is 0 Å². The lowest BCUT2D eigenvalue weighted by Crippen LogP contribution is -1.82. The van der Waals surface area contributed by atoms with Crippen molar-refractivity contribution in [2.75, 3.05) is 4.43 Å². The smallest absolute Gasteiger partial charge is 0.000473 e. The van der Waals surface area contributed by atoms with E-state index in [1.165, 1.54) is 81.5 Å². The summed E-state index contributed by atoms with van der Waals surface area (Å²) in [7, 11) is 0. The third-order valence-corrected chi connectivity index (χ3v) is 3.75. The van der Waals surface area contributed by atoms with Crippen molar-refractivity contribution in [2.45, 2.75) is 84.0 Å². The first-order valence-electron chi connectivity index (χ1n) is 6.97. The molecule has 0 nitrogen and oxygen atoms in total. The van der Waals surface area contributed by atoms with Crippen molar-refractivity contribution in [3.05, 3.63) is 0 Å². The maximum absolute atomic E-state index is 2.48. The molecule has 0 bridgehead atoms. The van der Waals surface area contributed by atoms with Gasteiger partial charge in [0.05, 0.1) is 0 Å². The first-order chi connectivity index (χ1) is 7.41. The molecule has 0 aliphatic heterocycles. The van der Waals surface area contributed by atoms with Crippen LogP contribution in [0.5, 0.6) is 0 Å². The van der Waals surface area contributed by atoms with E-state index in [0.717, 1.165) is 0 Å². The standard InChI is InChI=1S/C14H29I.HI/c1-2-3-4-5-6-7-8-9-10-11-12-13-14-15;/h2-14H2,1H3;1H. The highest BCUT2D eigenvalue weighted by molar-refractivity contribution is 14.1. The summed E-state index contributed by atoms with van der Waals surface area (Å²) in [5, 5.41) is 0. The zero-order valence-corrected chi connectivity index (χ0v) is 15.5. The zero-order chi connectivity index (χ0) is 11.2. The summed E-state index contributed by atoms with van der Waals surface area (Å²) in [5.74, 6) is 0. The fraction of sp³-hybridized carbons (Fsp3) is 1.00. The van der Waals surface area contributed by atoms with Gasteiger partial charge in [-0.1, -0.05) is 100 Å². The SMILES string of the molecule is CCCCCCCCCCCCCCI.I. The summed E-state index contributed by atoms with van der Waals surface area (Å²) in [6.07, 6.45) is 17.5. The second-order valence-corrected chi connectivity index (χ2v) is 5.66. The third kappa shape index (κ3) is 17.8. The summed E-state index contributed by atoms with van der Waals surface area (Å²) in [5.41, 5.74) is 0. The molecule has 0 aliphatic rings. The van der Waals surface area contributed by atoms with Crippen LogP contribution in [0.15, 0.2) is 0 Å². The molecule has 0 atom stereocenters. The van der Waals surface area contributed by atoms with Crippen LogP contribution in [-0.2, 0) is 0 Å². The van der Waals surface area contributed by atoms with Gasteiger partial charge in [0.25, 0.3) is 0 Å². The average Bonchev–Trinajstić information content (AvgIpc) is 2.26. The Morgan fingerprint density at radius 3 is 1.19 bits per heavy atom. The van der Waals surface area contributed by atoms with E-state index in [0.29, 0.717) is 0 Å². The first kappa shape index (κ1) is 19.8. The summed E-state index contributed by atoms with van der Waals surface area (Å²) in [6, 6.07) is 0. The molecule has 0 aromatic carbocycles. The normalized spacial score (nSPS) is 10.1. The Morgan fingerprint density at radius 2 is 0.875 bits per heavy atom. The van der Waals surface area contributed by atoms with E-state index in [-0.39, 0.29) is 24.0 Å². The number of hydrogen-bond donors (Lipinski definition) is 0. The molecule has 0 aromatic heterocycles. The Labute approximate surface area is 134 Å². The van der Waals surface area contributed by atoms with Gasteiger partial charge in [0, 0.05) is 0 Å². The highest BCUT2D eigenvalue weighted by Crippen LogP contribution is 2.12. The highest BCUT2D eigenvalue weighted by atomic mass is 127. The molecule has 0 rings (SSSR count). The molecule has 0 spiro atoms. The largest absolute Gasteiger partial charge is 0.107 e. The van der Waals surface area contributed by atoms with Gasteiger partial charge in [-0.25, -0.2) is 0 Å². The molecule has 0 aliphatic carbocycles. The molecule has 100 valence electrons. The van der Waals surface area contributed by atoms with Crippen molar-refractivity contribution in [3.63, 3.8) is 0 Å². The van der Waals surface area contributed by atoms with Gasteiger partial charge in [-0.05, 0) is 10.8 Å². The molecule has 2 heteroatoms. The number of hydrogen-bond acceptors (Lipinski definition) is 0. The molecule has 0 fully saturated rings. The minimum Gasteiger partial charge on any atom is -0.107 e. The molecular formula is C14H30I2. The maximum Gasteiger partial charge on any atom is -0.000473 e. The molecule has 0 saturated carbocycles. The van der Waals surface area contributed by atoms with E-state index in [4.69, 9.17) is 0 Å². The van der Waals surface area contributed by atoms with E-state index in [1.54, 1.807) is 0 Å². The second-order valence-electron chi connectivity index (χ2n) is 4.58. The predicted molar refractivity (Wildman–Crippen MR) is 95.4 cm³/mol. The number of rotatable bonds is 12. The van der Waals surface area contributed by atoms with Gasteiger partial charge in [-0.3, -0.25) is 0 Å². The minimum atomic E-state index is 0. The van der Waals surface area contributed by atoms with Crippen LogP contribution < -0.4 is 0 Å². The lowest BCUT2D eigenvalue weighted by Gasteiger charge is -2.01. The molecule has 0 N–H and O–H groups in total. The van der Waals surface area contributed by atoms with E-state index >= 15 is 0 Å². The molecular weight excluding hydrogens is 422 g/mol. The molecule has 0 unspecified atom stereocenters. The maximum atomic E-state index is 2.48. The number of alkyl halides is 1. The van der Waals surface area contributed by atoms with Crippen molar-refractivity contribution >= 4 is 46.6 Å². The second kappa shape index (κ2) is 18.8. The van der Waals surface area contributed by atoms with Crippen LogP contribution in [0, 0.1) is 0 Å². The Bertz CT molecular complexity index is 92.9. The lowest BCUT2D eigenvalue weighted by atomic mass is 10.1. The third-order valence-electron chi connectivity index (χ3n) is 2.99. The van der Waals surface area contributed by atoms with Gasteiger partial charge in [0.15, 0.2) is 0 Å². The quantitative estimate of drug-likeness (QED) is 0.175. The summed E-state index contributed by atoms with van der Waals surface area (Å²) < 4.78 is 1.34. The van der Waals surface area contributed by atoms with E-state index in [1.807, 2.05) is 0 Å². The molecule has 0 amide bonds. The zero-order valence-electron chi connectivity index (χ0n) is 11.0. The lowest BCUT2D eigenvalue weighted by molar-refractivity contribution is 0.549. The monoisotopic (exact) mass is 452 g/mol. The highest BCUT2D eigenvalue weighted by Gasteiger charge is 1.92. The minimum absolute atomic E-state index is 0. The van der Waals surface area contributed by atoms with E-state index < -0.39 is 0 Å². The fourth-order valence-corrected chi connectivity index (χ4v) is 2.47. The Hall–Kier alpha value is 1.46. The van der Waals surface area contributed by atoms with E-state index in [9.17, 15) is 0 Å². The predicted octanol–water partition coefficient (Wildman–Crippen LogP) is 6.74. The topological polar surface area (TPSA) is 0 Å². The van der Waals surface area contributed by atoms with Crippen molar-refractivity contribution in [1.29, 1.82) is 0 Å². The van der Waals surface area contributed by atoms with Gasteiger partial charge in [0.1, 0.15) is 0 Å². The van der Waals surface area contributed by atoms with Gasteiger partial charge >= 0.3 is 0 Å². The van der Waals surface area contributed by atoms with Gasteiger partial charge < -0.3 is 0 Å². The molecule has 16 heavy (non-hydrogen) atoms. The Kier molecular flexibility index (Phi) is 23.3. The average molecular weight is 452 g/mol. The van der Waals surface area contributed by atoms with Crippen LogP contribution in [0.1, 0.15) is 84.0 Å². The van der Waals surface area contributed by atoms with Crippen LogP contribution in [0.4, 0.5) is 0 Å². The summed E-state index contributed by atoms with van der Waals surface area (Å²) >= 11 is 2.48. The van der Waals surface area contributed by atoms with Crippen LogP contribution in [0.2, 0.25) is 0 Å². The van der Waals surface area contributed by atoms with Crippen molar-refractivity contribution in [1.82, 2.24) is 0 Å². The molecule has 0 heterocycles. The molecule has 0 aromatic rings. The Balaban J connectivity index is 0. The first-order valence-corrected chi connectivity index (χ1v) is 8.50. The van der Waals surface area contributed by atoms with Crippen molar-refractivity contribution < 1.29 is 0 Å². The summed E-state index contributed by atoms with van der Waals surface area (Å²) in [4.78, 5) is 0. The summed E-state index contributed by atoms with van der Waals surface area (Å²) in [6.45, 7) is 2.29. The van der Waals surface area contributed by atoms with Crippen LogP contribution in [0.25, 0.3) is 0 Å². The number of halogens is 2. The number of unbranched alkanes of at least 4 members (excludes halogenated alkanes) is 11. The van der Waals surface area contributed by atoms with Gasteiger partial charge in [-0.2, -0.15) is 0 Å². The Morgan fingerprint density at radius 1 is 0.562 bits per heavy atom. The fourth-order valence-electron chi connectivity index (χ4n) is 1.94. The van der Waals surface area contributed by atoms with Gasteiger partial charge in [0.2, 0.25) is 0 Å². The van der Waals surface area contributed by atoms with Crippen LogP contribution in [-0.4, -0.2) is 4.43 Å². The molecule has 0 saturated heterocycles. The van der Waals surface area contributed by atoms with Crippen molar-refractivity contribution in [2.24, 2.45) is 0 Å². The molecule has 0 radical (unpaired) electrons. The van der Waals surface area contributed by atoms with Gasteiger partial charge in [-0.15, -0.1) is 24.0 Å². The van der Waals surface area contributed by atoms with E-state index in [2.05, 4.69) is 29.5 Å².